The first-order chi connectivity index (χ1) is 6.29. The predicted octanol–water partition coefficient (Wildman–Crippen LogP) is 2.94. The molecule has 0 bridgehead atoms. The Kier molecular flexibility index (Phi) is 2.64. The maximum Gasteiger partial charge on any atom is 0.141 e. The van der Waals surface area contributed by atoms with Crippen molar-refractivity contribution in [1.82, 2.24) is 4.98 Å². The molecule has 0 saturated heterocycles. The van der Waals surface area contributed by atoms with Crippen molar-refractivity contribution in [3.8, 4) is 0 Å². The van der Waals surface area contributed by atoms with E-state index < -0.39 is 6.10 Å². The van der Waals surface area contributed by atoms with E-state index >= 15 is 0 Å². The second kappa shape index (κ2) is 3.75. The molecule has 13 heavy (non-hydrogen) atoms. The van der Waals surface area contributed by atoms with Gasteiger partial charge in [-0.3, -0.25) is 0 Å². The van der Waals surface area contributed by atoms with Crippen LogP contribution in [-0.4, -0.2) is 10.1 Å². The summed E-state index contributed by atoms with van der Waals surface area (Å²) in [4.78, 5) is 4.79. The zero-order valence-electron chi connectivity index (χ0n) is 6.48. The monoisotopic (exact) mass is 231 g/mol. The summed E-state index contributed by atoms with van der Waals surface area (Å²) < 4.78 is 0. The Morgan fingerprint density at radius 3 is 2.77 bits per heavy atom. The molecule has 0 aliphatic rings. The van der Waals surface area contributed by atoms with Gasteiger partial charge in [0.2, 0.25) is 0 Å². The number of thiazole rings is 1. The maximum absolute atomic E-state index is 9.82. The van der Waals surface area contributed by atoms with E-state index in [1.54, 1.807) is 12.3 Å². The first kappa shape index (κ1) is 9.15. The maximum atomic E-state index is 9.82. The van der Waals surface area contributed by atoms with Gasteiger partial charge < -0.3 is 5.11 Å². The Bertz CT molecular complexity index is 385. The lowest BCUT2D eigenvalue weighted by Gasteiger charge is -2.04. The van der Waals surface area contributed by atoms with Crippen LogP contribution >= 0.6 is 34.3 Å². The molecule has 68 valence electrons. The lowest BCUT2D eigenvalue weighted by Crippen LogP contribution is -1.96. The molecule has 5 heteroatoms. The third kappa shape index (κ3) is 1.76. The van der Waals surface area contributed by atoms with Gasteiger partial charge in [0.15, 0.2) is 0 Å². The van der Waals surface area contributed by atoms with Crippen molar-refractivity contribution < 1.29 is 5.11 Å². The number of rotatable bonds is 2. The van der Waals surface area contributed by atoms with Gasteiger partial charge in [0.05, 0.1) is 9.90 Å². The van der Waals surface area contributed by atoms with Gasteiger partial charge in [0.1, 0.15) is 11.1 Å². The summed E-state index contributed by atoms with van der Waals surface area (Å²) in [7, 11) is 0. The van der Waals surface area contributed by atoms with Gasteiger partial charge in [-0.2, -0.15) is 0 Å². The van der Waals surface area contributed by atoms with E-state index in [2.05, 4.69) is 4.98 Å². The molecule has 2 heterocycles. The zero-order valence-corrected chi connectivity index (χ0v) is 8.86. The fourth-order valence-corrected chi connectivity index (χ4v) is 2.83. The average Bonchev–Trinajstić information content (AvgIpc) is 2.72. The van der Waals surface area contributed by atoms with Crippen molar-refractivity contribution in [2.24, 2.45) is 0 Å². The number of aromatic nitrogens is 1. The molecule has 0 saturated carbocycles. The first-order valence-corrected chi connectivity index (χ1v) is 5.73. The van der Waals surface area contributed by atoms with Gasteiger partial charge in [-0.25, -0.2) is 4.98 Å². The second-order valence-electron chi connectivity index (χ2n) is 2.41. The highest BCUT2D eigenvalue weighted by Gasteiger charge is 2.16. The first-order valence-electron chi connectivity index (χ1n) is 3.59. The van der Waals surface area contributed by atoms with E-state index in [0.29, 0.717) is 10.0 Å². The number of halogens is 1. The Morgan fingerprint density at radius 1 is 1.38 bits per heavy atom. The summed E-state index contributed by atoms with van der Waals surface area (Å²) in [5.74, 6) is 0. The van der Waals surface area contributed by atoms with Crippen LogP contribution in [0.2, 0.25) is 5.02 Å². The lowest BCUT2D eigenvalue weighted by molar-refractivity contribution is 0.223. The van der Waals surface area contributed by atoms with Crippen LogP contribution in [0.4, 0.5) is 0 Å². The Balaban J connectivity index is 2.33. The summed E-state index contributed by atoms with van der Waals surface area (Å²) in [5, 5.41) is 14.8. The number of thiophene rings is 1. The van der Waals surface area contributed by atoms with Crippen molar-refractivity contribution in [1.29, 1.82) is 0 Å². The van der Waals surface area contributed by atoms with E-state index in [9.17, 15) is 5.11 Å². The van der Waals surface area contributed by atoms with Crippen molar-refractivity contribution in [3.05, 3.63) is 37.9 Å². The Morgan fingerprint density at radius 2 is 2.23 bits per heavy atom. The highest BCUT2D eigenvalue weighted by molar-refractivity contribution is 7.11. The third-order valence-corrected chi connectivity index (χ3v) is 3.82. The molecular weight excluding hydrogens is 226 g/mol. The topological polar surface area (TPSA) is 33.1 Å². The molecular formula is C8H6ClNOS2. The van der Waals surface area contributed by atoms with Crippen LogP contribution in [-0.2, 0) is 0 Å². The summed E-state index contributed by atoms with van der Waals surface area (Å²) in [6.45, 7) is 0. The standard InChI is InChI=1S/C8H6ClNOS2/c9-5-1-3-12-7(5)6(11)8-10-2-4-13-8/h1-4,6,11H. The van der Waals surface area contributed by atoms with Gasteiger partial charge in [0.25, 0.3) is 0 Å². The quantitative estimate of drug-likeness (QED) is 0.862. The molecule has 0 amide bonds. The fraction of sp³-hybridized carbons (Fsp3) is 0.125. The Labute approximate surface area is 88.5 Å². The van der Waals surface area contributed by atoms with E-state index in [-0.39, 0.29) is 0 Å². The van der Waals surface area contributed by atoms with Gasteiger partial charge in [-0.15, -0.1) is 22.7 Å². The smallest absolute Gasteiger partial charge is 0.141 e. The summed E-state index contributed by atoms with van der Waals surface area (Å²) in [6, 6.07) is 1.78. The molecule has 0 fully saturated rings. The Hall–Kier alpha value is -0.420. The number of nitrogens with zero attached hydrogens (tertiary/aromatic N) is 1. The number of aliphatic hydroxyl groups is 1. The molecule has 2 nitrogen and oxygen atoms in total. The van der Waals surface area contributed by atoms with Crippen LogP contribution in [0.5, 0.6) is 0 Å². The van der Waals surface area contributed by atoms with E-state index in [1.807, 2.05) is 10.8 Å². The molecule has 1 atom stereocenters. The highest BCUT2D eigenvalue weighted by Crippen LogP contribution is 2.33. The number of hydrogen-bond donors (Lipinski definition) is 1. The average molecular weight is 232 g/mol. The predicted molar refractivity (Wildman–Crippen MR) is 55.5 cm³/mol. The van der Waals surface area contributed by atoms with Crippen molar-refractivity contribution in [3.63, 3.8) is 0 Å². The van der Waals surface area contributed by atoms with Crippen molar-refractivity contribution in [2.75, 3.05) is 0 Å². The normalized spacial score (nSPS) is 13.1. The summed E-state index contributed by atoms with van der Waals surface area (Å²) >= 11 is 8.74. The van der Waals surface area contributed by atoms with Gasteiger partial charge in [0, 0.05) is 11.6 Å². The van der Waals surface area contributed by atoms with Crippen molar-refractivity contribution in [2.45, 2.75) is 6.10 Å². The van der Waals surface area contributed by atoms with Crippen LogP contribution in [0.25, 0.3) is 0 Å². The molecule has 0 spiro atoms. The fourth-order valence-electron chi connectivity index (χ4n) is 0.982. The molecule has 2 aromatic rings. The minimum atomic E-state index is -0.674. The molecule has 1 unspecified atom stereocenters. The van der Waals surface area contributed by atoms with Gasteiger partial charge in [-0.1, -0.05) is 11.6 Å². The van der Waals surface area contributed by atoms with E-state index in [0.717, 1.165) is 4.88 Å². The van der Waals surface area contributed by atoms with Crippen LogP contribution in [0, 0.1) is 0 Å². The van der Waals surface area contributed by atoms with Crippen LogP contribution < -0.4 is 0 Å². The molecule has 1 N–H and O–H groups in total. The highest BCUT2D eigenvalue weighted by atomic mass is 35.5. The zero-order chi connectivity index (χ0) is 9.26. The molecule has 2 rings (SSSR count). The molecule has 2 aromatic heterocycles. The van der Waals surface area contributed by atoms with Gasteiger partial charge >= 0.3 is 0 Å². The minimum absolute atomic E-state index is 0.604. The summed E-state index contributed by atoms with van der Waals surface area (Å²) in [5.41, 5.74) is 0. The van der Waals surface area contributed by atoms with Gasteiger partial charge in [-0.05, 0) is 11.4 Å². The van der Waals surface area contributed by atoms with E-state index in [1.165, 1.54) is 22.7 Å². The number of aliphatic hydroxyl groups excluding tert-OH is 1. The van der Waals surface area contributed by atoms with Crippen molar-refractivity contribution >= 4 is 34.3 Å². The molecule has 0 radical (unpaired) electrons. The lowest BCUT2D eigenvalue weighted by atomic mass is 10.3. The molecule has 0 aliphatic heterocycles. The van der Waals surface area contributed by atoms with Crippen LogP contribution in [0.1, 0.15) is 16.0 Å². The number of hydrogen-bond acceptors (Lipinski definition) is 4. The van der Waals surface area contributed by atoms with Crippen LogP contribution in [0.3, 0.4) is 0 Å². The largest absolute Gasteiger partial charge is 0.380 e. The SMILES string of the molecule is OC(c1nccs1)c1sccc1Cl. The van der Waals surface area contributed by atoms with E-state index in [4.69, 9.17) is 11.6 Å². The summed E-state index contributed by atoms with van der Waals surface area (Å²) in [6.07, 6.45) is 0.998. The molecule has 0 aromatic carbocycles. The minimum Gasteiger partial charge on any atom is -0.380 e. The third-order valence-electron chi connectivity index (χ3n) is 1.58. The van der Waals surface area contributed by atoms with Crippen LogP contribution in [0.15, 0.2) is 23.0 Å². The second-order valence-corrected chi connectivity index (χ2v) is 4.69. The molecule has 0 aliphatic carbocycles.